The van der Waals surface area contributed by atoms with Gasteiger partial charge in [0.05, 0.1) is 12.5 Å². The summed E-state index contributed by atoms with van der Waals surface area (Å²) in [7, 11) is 0. The molecule has 0 spiro atoms. The van der Waals surface area contributed by atoms with Crippen LogP contribution in [0.25, 0.3) is 10.9 Å². The number of hydrogen-bond acceptors (Lipinski definition) is 2. The quantitative estimate of drug-likeness (QED) is 0.809. The predicted octanol–water partition coefficient (Wildman–Crippen LogP) is 2.77. The van der Waals surface area contributed by atoms with Crippen LogP contribution in [0.1, 0.15) is 24.4 Å². The molecule has 1 aliphatic heterocycles. The Morgan fingerprint density at radius 2 is 2.22 bits per heavy atom. The average molecular weight is 308 g/mol. The number of hydrogen-bond donors (Lipinski definition) is 1. The fraction of sp³-hybridized carbons (Fsp3) is 0.333. The van der Waals surface area contributed by atoms with Gasteiger partial charge in [0.25, 0.3) is 0 Å². The summed E-state index contributed by atoms with van der Waals surface area (Å²) in [6, 6.07) is 10.4. The molecule has 0 radical (unpaired) electrons. The van der Waals surface area contributed by atoms with Gasteiger partial charge in [0, 0.05) is 42.6 Å². The van der Waals surface area contributed by atoms with Crippen LogP contribution in [0.4, 0.5) is 0 Å². The number of para-hydroxylation sites is 1. The van der Waals surface area contributed by atoms with E-state index < -0.39 is 0 Å². The van der Waals surface area contributed by atoms with E-state index in [0.717, 1.165) is 42.4 Å². The van der Waals surface area contributed by atoms with Crippen molar-refractivity contribution in [3.8, 4) is 0 Å². The number of nitrogens with one attached hydrogen (secondary N) is 1. The van der Waals surface area contributed by atoms with Crippen LogP contribution in [0.2, 0.25) is 0 Å². The summed E-state index contributed by atoms with van der Waals surface area (Å²) in [6.07, 6.45) is 8.31. The van der Waals surface area contributed by atoms with Crippen LogP contribution in [0.15, 0.2) is 48.9 Å². The molecular formula is C18H20N4O. The molecule has 1 fully saturated rings. The SMILES string of the molecule is O=C(Cc1c[nH]c2ccccc12)N1CCC[C@@H](n2cccn2)C1. The zero-order valence-corrected chi connectivity index (χ0v) is 13.0. The third-order valence-corrected chi connectivity index (χ3v) is 4.66. The summed E-state index contributed by atoms with van der Waals surface area (Å²) in [5.74, 6) is 0.201. The number of amides is 1. The Hall–Kier alpha value is -2.56. The van der Waals surface area contributed by atoms with Crippen molar-refractivity contribution < 1.29 is 4.79 Å². The van der Waals surface area contributed by atoms with Crippen LogP contribution >= 0.6 is 0 Å². The normalized spacial score (nSPS) is 18.4. The second-order valence-electron chi connectivity index (χ2n) is 6.16. The maximum absolute atomic E-state index is 12.7. The minimum atomic E-state index is 0.201. The summed E-state index contributed by atoms with van der Waals surface area (Å²) in [5.41, 5.74) is 2.16. The van der Waals surface area contributed by atoms with E-state index in [9.17, 15) is 4.79 Å². The zero-order chi connectivity index (χ0) is 15.6. The van der Waals surface area contributed by atoms with E-state index in [1.54, 1.807) is 6.20 Å². The third-order valence-electron chi connectivity index (χ3n) is 4.66. The van der Waals surface area contributed by atoms with Gasteiger partial charge in [0.1, 0.15) is 0 Å². The summed E-state index contributed by atoms with van der Waals surface area (Å²) in [4.78, 5) is 17.9. The molecule has 0 aliphatic carbocycles. The number of aromatic nitrogens is 3. The van der Waals surface area contributed by atoms with Gasteiger partial charge in [-0.1, -0.05) is 18.2 Å². The highest BCUT2D eigenvalue weighted by molar-refractivity contribution is 5.88. The van der Waals surface area contributed by atoms with Gasteiger partial charge >= 0.3 is 0 Å². The fourth-order valence-corrected chi connectivity index (χ4v) is 3.45. The maximum atomic E-state index is 12.7. The Bertz CT molecular complexity index is 805. The van der Waals surface area contributed by atoms with Crippen LogP contribution in [-0.4, -0.2) is 38.7 Å². The number of carbonyl (C=O) groups is 1. The first kappa shape index (κ1) is 14.1. The summed E-state index contributed by atoms with van der Waals surface area (Å²) < 4.78 is 1.98. The van der Waals surface area contributed by atoms with Crippen molar-refractivity contribution in [2.45, 2.75) is 25.3 Å². The van der Waals surface area contributed by atoms with E-state index in [4.69, 9.17) is 0 Å². The smallest absolute Gasteiger partial charge is 0.227 e. The Kier molecular flexibility index (Phi) is 3.61. The van der Waals surface area contributed by atoms with Gasteiger partial charge in [-0.25, -0.2) is 0 Å². The van der Waals surface area contributed by atoms with E-state index in [2.05, 4.69) is 16.1 Å². The Labute approximate surface area is 134 Å². The molecule has 0 saturated carbocycles. The highest BCUT2D eigenvalue weighted by Gasteiger charge is 2.25. The molecule has 23 heavy (non-hydrogen) atoms. The second-order valence-corrected chi connectivity index (χ2v) is 6.16. The number of H-pyrrole nitrogens is 1. The number of benzene rings is 1. The van der Waals surface area contributed by atoms with Crippen molar-refractivity contribution >= 4 is 16.8 Å². The molecule has 1 atom stereocenters. The topological polar surface area (TPSA) is 53.9 Å². The van der Waals surface area contributed by atoms with Gasteiger partial charge in [-0.05, 0) is 30.5 Å². The first-order valence-corrected chi connectivity index (χ1v) is 8.13. The molecule has 1 N–H and O–H groups in total. The van der Waals surface area contributed by atoms with Gasteiger partial charge < -0.3 is 9.88 Å². The summed E-state index contributed by atoms with van der Waals surface area (Å²) in [5, 5.41) is 5.46. The molecule has 1 saturated heterocycles. The standard InChI is InChI=1S/C18H20N4O/c23-18(11-14-12-19-17-7-2-1-6-16(14)17)21-9-3-5-15(13-21)22-10-4-8-20-22/h1-2,4,6-8,10,12,15,19H,3,5,9,11,13H2/t15-/m1/s1. The summed E-state index contributed by atoms with van der Waals surface area (Å²) in [6.45, 7) is 1.60. The highest BCUT2D eigenvalue weighted by atomic mass is 16.2. The van der Waals surface area contributed by atoms with Gasteiger partial charge in [-0.2, -0.15) is 5.10 Å². The van der Waals surface area contributed by atoms with Gasteiger partial charge in [-0.15, -0.1) is 0 Å². The number of nitrogens with zero attached hydrogens (tertiary/aromatic N) is 3. The van der Waals surface area contributed by atoms with E-state index >= 15 is 0 Å². The van der Waals surface area contributed by atoms with E-state index in [-0.39, 0.29) is 5.91 Å². The molecule has 5 heteroatoms. The minimum Gasteiger partial charge on any atom is -0.361 e. The van der Waals surface area contributed by atoms with Crippen LogP contribution in [-0.2, 0) is 11.2 Å². The van der Waals surface area contributed by atoms with Crippen LogP contribution in [0, 0.1) is 0 Å². The third kappa shape index (κ3) is 2.74. The van der Waals surface area contributed by atoms with E-state index in [1.807, 2.05) is 46.2 Å². The molecule has 3 heterocycles. The predicted molar refractivity (Wildman–Crippen MR) is 89.1 cm³/mol. The number of carbonyl (C=O) groups excluding carboxylic acids is 1. The van der Waals surface area contributed by atoms with E-state index in [0.29, 0.717) is 12.5 Å². The maximum Gasteiger partial charge on any atom is 0.227 e. The molecule has 1 aliphatic rings. The zero-order valence-electron chi connectivity index (χ0n) is 13.0. The molecule has 1 amide bonds. The number of piperidine rings is 1. The van der Waals surface area contributed by atoms with Gasteiger partial charge in [0.2, 0.25) is 5.91 Å². The fourth-order valence-electron chi connectivity index (χ4n) is 3.45. The first-order valence-electron chi connectivity index (χ1n) is 8.13. The minimum absolute atomic E-state index is 0.201. The average Bonchev–Trinajstić information content (AvgIpc) is 3.25. The number of rotatable bonds is 3. The highest BCUT2D eigenvalue weighted by Crippen LogP contribution is 2.23. The van der Waals surface area contributed by atoms with Crippen molar-refractivity contribution in [1.29, 1.82) is 0 Å². The van der Waals surface area contributed by atoms with Crippen molar-refractivity contribution in [3.63, 3.8) is 0 Å². The first-order chi connectivity index (χ1) is 11.3. The number of likely N-dealkylation sites (tertiary alicyclic amines) is 1. The molecule has 1 aromatic carbocycles. The molecule has 0 bridgehead atoms. The number of aromatic amines is 1. The molecule has 2 aromatic heterocycles. The Morgan fingerprint density at radius 1 is 1.30 bits per heavy atom. The molecule has 4 rings (SSSR count). The van der Waals surface area contributed by atoms with Crippen molar-refractivity contribution in [2.24, 2.45) is 0 Å². The summed E-state index contributed by atoms with van der Waals surface area (Å²) >= 11 is 0. The molecule has 3 aromatic rings. The van der Waals surface area contributed by atoms with Crippen LogP contribution < -0.4 is 0 Å². The monoisotopic (exact) mass is 308 g/mol. The van der Waals surface area contributed by atoms with Gasteiger partial charge in [-0.3, -0.25) is 9.48 Å². The lowest BCUT2D eigenvalue weighted by Crippen LogP contribution is -2.41. The van der Waals surface area contributed by atoms with Crippen molar-refractivity contribution in [3.05, 3.63) is 54.5 Å². The lowest BCUT2D eigenvalue weighted by Gasteiger charge is -2.33. The van der Waals surface area contributed by atoms with Crippen LogP contribution in [0.3, 0.4) is 0 Å². The van der Waals surface area contributed by atoms with Gasteiger partial charge in [0.15, 0.2) is 0 Å². The lowest BCUT2D eigenvalue weighted by atomic mass is 10.0. The number of fused-ring (bicyclic) bond motifs is 1. The lowest BCUT2D eigenvalue weighted by molar-refractivity contribution is -0.132. The van der Waals surface area contributed by atoms with Crippen molar-refractivity contribution in [2.75, 3.05) is 13.1 Å². The second kappa shape index (κ2) is 5.91. The molecule has 0 unspecified atom stereocenters. The van der Waals surface area contributed by atoms with Crippen molar-refractivity contribution in [1.82, 2.24) is 19.7 Å². The Balaban J connectivity index is 1.48. The largest absolute Gasteiger partial charge is 0.361 e. The van der Waals surface area contributed by atoms with E-state index in [1.165, 1.54) is 0 Å². The molecule has 118 valence electrons. The Morgan fingerprint density at radius 3 is 3.09 bits per heavy atom. The molecular weight excluding hydrogens is 288 g/mol. The molecule has 5 nitrogen and oxygen atoms in total. The van der Waals surface area contributed by atoms with Crippen LogP contribution in [0.5, 0.6) is 0 Å².